The Morgan fingerprint density at radius 2 is 2.19 bits per heavy atom. The highest BCUT2D eigenvalue weighted by Gasteiger charge is 2.30. The van der Waals surface area contributed by atoms with E-state index in [1.165, 1.54) is 44.2 Å². The zero-order valence-corrected chi connectivity index (χ0v) is 10.1. The summed E-state index contributed by atoms with van der Waals surface area (Å²) in [7, 11) is 2.00. The van der Waals surface area contributed by atoms with Gasteiger partial charge < -0.3 is 0 Å². The topological polar surface area (TPSA) is 21.1 Å². The van der Waals surface area contributed by atoms with Gasteiger partial charge in [0.05, 0.1) is 6.20 Å². The number of aromatic nitrogens is 2. The van der Waals surface area contributed by atoms with Crippen LogP contribution in [0.25, 0.3) is 0 Å². The molecule has 0 atom stereocenters. The van der Waals surface area contributed by atoms with Crippen LogP contribution >= 0.6 is 0 Å². The first-order valence-corrected chi connectivity index (χ1v) is 6.53. The van der Waals surface area contributed by atoms with Gasteiger partial charge >= 0.3 is 0 Å². The highest BCUT2D eigenvalue weighted by molar-refractivity contribution is 5.04. The third kappa shape index (κ3) is 2.29. The lowest BCUT2D eigenvalue weighted by atomic mass is 9.91. The van der Waals surface area contributed by atoms with Crippen LogP contribution in [0.15, 0.2) is 12.4 Å². The fourth-order valence-corrected chi connectivity index (χ4v) is 2.51. The smallest absolute Gasteiger partial charge is 0.0534 e. The van der Waals surface area contributed by atoms with E-state index in [9.17, 15) is 0 Å². The summed E-state index contributed by atoms with van der Waals surface area (Å²) in [4.78, 5) is 2.69. The Bertz CT molecular complexity index is 350. The van der Waals surface area contributed by atoms with Crippen molar-refractivity contribution in [3.05, 3.63) is 18.0 Å². The van der Waals surface area contributed by atoms with Crippen LogP contribution in [0.3, 0.4) is 0 Å². The van der Waals surface area contributed by atoms with Gasteiger partial charge in [-0.3, -0.25) is 9.58 Å². The van der Waals surface area contributed by atoms with Gasteiger partial charge in [-0.05, 0) is 31.6 Å². The molecule has 0 bridgehead atoms. The summed E-state index contributed by atoms with van der Waals surface area (Å²) in [6, 6.07) is 0.862. The molecule has 3 rings (SSSR count). The molecule has 88 valence electrons. The molecule has 3 heteroatoms. The van der Waals surface area contributed by atoms with E-state index in [4.69, 9.17) is 0 Å². The SMILES string of the molecule is Cn1cc(CN(CC2CC2)C2CCC2)cn1. The average molecular weight is 219 g/mol. The Balaban J connectivity index is 1.62. The minimum atomic E-state index is 0.862. The molecule has 2 aliphatic carbocycles. The van der Waals surface area contributed by atoms with Crippen LogP contribution in [-0.4, -0.2) is 27.3 Å². The molecule has 1 aromatic rings. The fourth-order valence-electron chi connectivity index (χ4n) is 2.51. The van der Waals surface area contributed by atoms with E-state index >= 15 is 0 Å². The van der Waals surface area contributed by atoms with Gasteiger partial charge in [0.2, 0.25) is 0 Å². The summed E-state index contributed by atoms with van der Waals surface area (Å²) < 4.78 is 1.91. The highest BCUT2D eigenvalue weighted by Crippen LogP contribution is 2.34. The van der Waals surface area contributed by atoms with Gasteiger partial charge in [-0.2, -0.15) is 5.10 Å². The molecule has 3 nitrogen and oxygen atoms in total. The molecule has 1 heterocycles. The zero-order valence-electron chi connectivity index (χ0n) is 10.1. The predicted molar refractivity (Wildman–Crippen MR) is 64.0 cm³/mol. The van der Waals surface area contributed by atoms with Gasteiger partial charge in [-0.1, -0.05) is 6.42 Å². The summed E-state index contributed by atoms with van der Waals surface area (Å²) in [5.41, 5.74) is 1.37. The lowest BCUT2D eigenvalue weighted by Crippen LogP contribution is -2.40. The van der Waals surface area contributed by atoms with Crippen molar-refractivity contribution < 1.29 is 0 Å². The second-order valence-electron chi connectivity index (χ2n) is 5.48. The van der Waals surface area contributed by atoms with E-state index < -0.39 is 0 Å². The monoisotopic (exact) mass is 219 g/mol. The minimum Gasteiger partial charge on any atom is -0.296 e. The number of rotatable bonds is 5. The van der Waals surface area contributed by atoms with Crippen molar-refractivity contribution in [1.82, 2.24) is 14.7 Å². The summed E-state index contributed by atoms with van der Waals surface area (Å²) in [6.45, 7) is 2.43. The summed E-state index contributed by atoms with van der Waals surface area (Å²) in [5, 5.41) is 4.26. The predicted octanol–water partition coefficient (Wildman–Crippen LogP) is 2.18. The van der Waals surface area contributed by atoms with Crippen molar-refractivity contribution >= 4 is 0 Å². The van der Waals surface area contributed by atoms with Crippen LogP contribution in [0.1, 0.15) is 37.7 Å². The van der Waals surface area contributed by atoms with Crippen molar-refractivity contribution in [2.45, 2.75) is 44.7 Å². The highest BCUT2D eigenvalue weighted by atomic mass is 15.2. The fraction of sp³-hybridized carbons (Fsp3) is 0.769. The third-order valence-electron chi connectivity index (χ3n) is 3.92. The average Bonchev–Trinajstić information content (AvgIpc) is 2.87. The van der Waals surface area contributed by atoms with Gasteiger partial charge in [0.1, 0.15) is 0 Å². The number of hydrogen-bond donors (Lipinski definition) is 0. The lowest BCUT2D eigenvalue weighted by molar-refractivity contribution is 0.114. The normalized spacial score (nSPS) is 21.4. The molecule has 0 spiro atoms. The maximum atomic E-state index is 4.26. The van der Waals surface area contributed by atoms with Crippen molar-refractivity contribution in [2.75, 3.05) is 6.54 Å². The van der Waals surface area contributed by atoms with Gasteiger partial charge in [-0.25, -0.2) is 0 Å². The first-order chi connectivity index (χ1) is 7.81. The summed E-state index contributed by atoms with van der Waals surface area (Å²) in [5.74, 6) is 0.997. The van der Waals surface area contributed by atoms with Crippen LogP contribution < -0.4 is 0 Å². The molecule has 0 saturated heterocycles. The molecular weight excluding hydrogens is 198 g/mol. The standard InChI is InChI=1S/C13H21N3/c1-15-8-12(7-14-15)10-16(9-11-5-6-11)13-3-2-4-13/h7-8,11,13H,2-6,9-10H2,1H3. The Hall–Kier alpha value is -0.830. The number of nitrogens with zero attached hydrogens (tertiary/aromatic N) is 3. The molecule has 0 N–H and O–H groups in total. The molecule has 2 saturated carbocycles. The Morgan fingerprint density at radius 1 is 1.38 bits per heavy atom. The second-order valence-corrected chi connectivity index (χ2v) is 5.48. The maximum absolute atomic E-state index is 4.26. The molecule has 0 aromatic carbocycles. The van der Waals surface area contributed by atoms with Crippen LogP contribution in [-0.2, 0) is 13.6 Å². The maximum Gasteiger partial charge on any atom is 0.0534 e. The van der Waals surface area contributed by atoms with E-state index in [1.807, 2.05) is 17.9 Å². The largest absolute Gasteiger partial charge is 0.296 e. The van der Waals surface area contributed by atoms with Gasteiger partial charge in [0.25, 0.3) is 0 Å². The van der Waals surface area contributed by atoms with Crippen LogP contribution in [0, 0.1) is 5.92 Å². The van der Waals surface area contributed by atoms with Crippen molar-refractivity contribution in [2.24, 2.45) is 13.0 Å². The van der Waals surface area contributed by atoms with E-state index in [1.54, 1.807) is 0 Å². The Kier molecular flexibility index (Phi) is 2.72. The Labute approximate surface area is 97.4 Å². The second kappa shape index (κ2) is 4.21. The lowest BCUT2D eigenvalue weighted by Gasteiger charge is -2.37. The van der Waals surface area contributed by atoms with Crippen molar-refractivity contribution in [3.8, 4) is 0 Å². The van der Waals surface area contributed by atoms with Crippen LogP contribution in [0.2, 0.25) is 0 Å². The molecule has 2 fully saturated rings. The molecule has 0 unspecified atom stereocenters. The summed E-state index contributed by atoms with van der Waals surface area (Å²) in [6.07, 6.45) is 11.3. The summed E-state index contributed by atoms with van der Waals surface area (Å²) >= 11 is 0. The Morgan fingerprint density at radius 3 is 2.69 bits per heavy atom. The van der Waals surface area contributed by atoms with E-state index in [0.29, 0.717) is 0 Å². The van der Waals surface area contributed by atoms with Crippen molar-refractivity contribution in [3.63, 3.8) is 0 Å². The third-order valence-corrected chi connectivity index (χ3v) is 3.92. The van der Waals surface area contributed by atoms with Gasteiger partial charge in [0.15, 0.2) is 0 Å². The van der Waals surface area contributed by atoms with E-state index in [-0.39, 0.29) is 0 Å². The molecule has 2 aliphatic rings. The first-order valence-electron chi connectivity index (χ1n) is 6.53. The molecule has 0 aliphatic heterocycles. The number of hydrogen-bond acceptors (Lipinski definition) is 2. The van der Waals surface area contributed by atoms with Gasteiger partial charge in [-0.15, -0.1) is 0 Å². The zero-order chi connectivity index (χ0) is 11.0. The van der Waals surface area contributed by atoms with Crippen LogP contribution in [0.4, 0.5) is 0 Å². The quantitative estimate of drug-likeness (QED) is 0.757. The van der Waals surface area contributed by atoms with E-state index in [2.05, 4.69) is 16.2 Å². The molecule has 0 amide bonds. The molecule has 0 radical (unpaired) electrons. The molecule has 1 aromatic heterocycles. The molecular formula is C13H21N3. The van der Waals surface area contributed by atoms with Crippen molar-refractivity contribution in [1.29, 1.82) is 0 Å². The molecule has 16 heavy (non-hydrogen) atoms. The first kappa shape index (κ1) is 10.3. The van der Waals surface area contributed by atoms with Crippen LogP contribution in [0.5, 0.6) is 0 Å². The number of aryl methyl sites for hydroxylation is 1. The van der Waals surface area contributed by atoms with Gasteiger partial charge in [0, 0.05) is 37.9 Å². The minimum absolute atomic E-state index is 0.862. The van der Waals surface area contributed by atoms with E-state index in [0.717, 1.165) is 18.5 Å².